The minimum Gasteiger partial charge on any atom is -0.294 e. The van der Waals surface area contributed by atoms with Gasteiger partial charge in [0, 0.05) is 10.3 Å². The minimum atomic E-state index is 0.142. The van der Waals surface area contributed by atoms with E-state index in [1.165, 1.54) is 0 Å². The van der Waals surface area contributed by atoms with Crippen molar-refractivity contribution in [1.82, 2.24) is 0 Å². The van der Waals surface area contributed by atoms with E-state index < -0.39 is 0 Å². The van der Waals surface area contributed by atoms with Gasteiger partial charge in [0.2, 0.25) is 0 Å². The highest BCUT2D eigenvalue weighted by Gasteiger charge is 2.04. The van der Waals surface area contributed by atoms with E-state index >= 15 is 0 Å². The molecule has 0 atom stereocenters. The number of Topliss-reactive ketones (excluding diaryl/α,β-unsaturated/α-hetero) is 1. The lowest BCUT2D eigenvalue weighted by Gasteiger charge is -1.95. The molecule has 0 amide bonds. The van der Waals surface area contributed by atoms with Crippen LogP contribution in [0.25, 0.3) is 10.1 Å². The molecular formula is C10H8OS. The Morgan fingerprint density at radius 3 is 2.92 bits per heavy atom. The van der Waals surface area contributed by atoms with Gasteiger partial charge in [-0.1, -0.05) is 12.1 Å². The first-order valence-electron chi connectivity index (χ1n) is 3.76. The van der Waals surface area contributed by atoms with Crippen molar-refractivity contribution in [2.24, 2.45) is 0 Å². The smallest absolute Gasteiger partial charge is 0.161 e. The number of carbonyl (C=O) groups is 1. The van der Waals surface area contributed by atoms with Crippen molar-refractivity contribution < 1.29 is 4.79 Å². The highest BCUT2D eigenvalue weighted by Crippen LogP contribution is 2.24. The third-order valence-electron chi connectivity index (χ3n) is 1.86. The summed E-state index contributed by atoms with van der Waals surface area (Å²) in [6, 6.07) is 7.86. The molecule has 2 rings (SSSR count). The van der Waals surface area contributed by atoms with Gasteiger partial charge >= 0.3 is 0 Å². The number of hydrogen-bond acceptors (Lipinski definition) is 2. The average molecular weight is 176 g/mol. The van der Waals surface area contributed by atoms with Crippen LogP contribution in [0.2, 0.25) is 0 Å². The van der Waals surface area contributed by atoms with E-state index in [9.17, 15) is 4.79 Å². The Hall–Kier alpha value is -1.15. The van der Waals surface area contributed by atoms with E-state index in [4.69, 9.17) is 0 Å². The Morgan fingerprint density at radius 2 is 2.17 bits per heavy atom. The monoisotopic (exact) mass is 176 g/mol. The highest BCUT2D eigenvalue weighted by atomic mass is 32.1. The van der Waals surface area contributed by atoms with Gasteiger partial charge in [-0.25, -0.2) is 0 Å². The maximum absolute atomic E-state index is 11.2. The van der Waals surface area contributed by atoms with Crippen molar-refractivity contribution in [3.8, 4) is 0 Å². The predicted octanol–water partition coefficient (Wildman–Crippen LogP) is 3.10. The lowest BCUT2D eigenvalue weighted by atomic mass is 10.1. The molecular weight excluding hydrogens is 168 g/mol. The molecule has 0 radical (unpaired) electrons. The van der Waals surface area contributed by atoms with E-state index in [2.05, 4.69) is 0 Å². The van der Waals surface area contributed by atoms with Crippen LogP contribution in [-0.4, -0.2) is 5.78 Å². The summed E-state index contributed by atoms with van der Waals surface area (Å²) in [5.41, 5.74) is 0.836. The summed E-state index contributed by atoms with van der Waals surface area (Å²) in [6.07, 6.45) is 0. The molecule has 0 N–H and O–H groups in total. The molecule has 0 aliphatic heterocycles. The number of carbonyl (C=O) groups excluding carboxylic acids is 1. The number of ketones is 1. The summed E-state index contributed by atoms with van der Waals surface area (Å²) >= 11 is 1.62. The molecule has 0 saturated heterocycles. The van der Waals surface area contributed by atoms with Gasteiger partial charge in [-0.15, -0.1) is 11.3 Å². The third-order valence-corrected chi connectivity index (χ3v) is 2.82. The average Bonchev–Trinajstić information content (AvgIpc) is 2.49. The predicted molar refractivity (Wildman–Crippen MR) is 51.8 cm³/mol. The molecule has 0 unspecified atom stereocenters. The van der Waals surface area contributed by atoms with Gasteiger partial charge in [0.1, 0.15) is 0 Å². The summed E-state index contributed by atoms with van der Waals surface area (Å²) in [5.74, 6) is 0.142. The molecule has 12 heavy (non-hydrogen) atoms. The molecule has 1 heterocycles. The maximum Gasteiger partial charge on any atom is 0.161 e. The second kappa shape index (κ2) is 2.72. The first-order valence-corrected chi connectivity index (χ1v) is 4.64. The molecule has 0 fully saturated rings. The van der Waals surface area contributed by atoms with E-state index in [1.54, 1.807) is 18.3 Å². The van der Waals surface area contributed by atoms with Crippen molar-refractivity contribution in [3.63, 3.8) is 0 Å². The fourth-order valence-electron chi connectivity index (χ4n) is 1.27. The summed E-state index contributed by atoms with van der Waals surface area (Å²) in [5, 5.41) is 3.17. The van der Waals surface area contributed by atoms with Gasteiger partial charge < -0.3 is 0 Å². The largest absolute Gasteiger partial charge is 0.294 e. The van der Waals surface area contributed by atoms with Crippen molar-refractivity contribution in [2.75, 3.05) is 0 Å². The van der Waals surface area contributed by atoms with E-state index in [-0.39, 0.29) is 5.78 Å². The molecule has 0 bridgehead atoms. The fourth-order valence-corrected chi connectivity index (χ4v) is 2.23. The zero-order valence-electron chi connectivity index (χ0n) is 6.70. The number of rotatable bonds is 1. The van der Waals surface area contributed by atoms with Crippen LogP contribution in [0.3, 0.4) is 0 Å². The fraction of sp³-hybridized carbons (Fsp3) is 0.100. The van der Waals surface area contributed by atoms with Crippen molar-refractivity contribution >= 4 is 27.2 Å². The maximum atomic E-state index is 11.2. The molecule has 2 aromatic rings. The lowest BCUT2D eigenvalue weighted by Crippen LogP contribution is -1.90. The second-order valence-corrected chi connectivity index (χ2v) is 3.62. The van der Waals surface area contributed by atoms with Crippen LogP contribution in [-0.2, 0) is 0 Å². The van der Waals surface area contributed by atoms with Gasteiger partial charge in [0.15, 0.2) is 5.78 Å². The lowest BCUT2D eigenvalue weighted by molar-refractivity contribution is 0.101. The summed E-state index contributed by atoms with van der Waals surface area (Å²) < 4.78 is 1.10. The third kappa shape index (κ3) is 1.04. The zero-order chi connectivity index (χ0) is 8.55. The SMILES string of the molecule is CC(=O)c1cccc2ccsc12. The molecule has 1 aromatic heterocycles. The van der Waals surface area contributed by atoms with E-state index in [0.717, 1.165) is 15.6 Å². The highest BCUT2D eigenvalue weighted by molar-refractivity contribution is 7.17. The number of hydrogen-bond donors (Lipinski definition) is 0. The van der Waals surface area contributed by atoms with Crippen molar-refractivity contribution in [2.45, 2.75) is 6.92 Å². The Labute approximate surface area is 74.6 Å². The number of fused-ring (bicyclic) bond motifs is 1. The van der Waals surface area contributed by atoms with Gasteiger partial charge in [0.25, 0.3) is 0 Å². The Bertz CT molecular complexity index is 428. The first kappa shape index (κ1) is 7.50. The van der Waals surface area contributed by atoms with Crippen molar-refractivity contribution in [1.29, 1.82) is 0 Å². The van der Waals surface area contributed by atoms with Crippen LogP contribution in [0.1, 0.15) is 17.3 Å². The van der Waals surface area contributed by atoms with Crippen LogP contribution >= 0.6 is 11.3 Å². The molecule has 1 aromatic carbocycles. The van der Waals surface area contributed by atoms with E-state index in [1.807, 2.05) is 29.6 Å². The normalized spacial score (nSPS) is 10.4. The van der Waals surface area contributed by atoms with Crippen LogP contribution in [0.4, 0.5) is 0 Å². The molecule has 60 valence electrons. The number of benzene rings is 1. The molecule has 0 aliphatic rings. The van der Waals surface area contributed by atoms with Crippen molar-refractivity contribution in [3.05, 3.63) is 35.2 Å². The Balaban J connectivity index is 2.82. The molecule has 2 heteroatoms. The molecule has 1 nitrogen and oxygen atoms in total. The quantitative estimate of drug-likeness (QED) is 0.610. The van der Waals surface area contributed by atoms with Gasteiger partial charge in [-0.05, 0) is 29.8 Å². The van der Waals surface area contributed by atoms with Gasteiger partial charge in [-0.2, -0.15) is 0 Å². The van der Waals surface area contributed by atoms with Crippen LogP contribution in [0, 0.1) is 0 Å². The van der Waals surface area contributed by atoms with Crippen LogP contribution in [0.5, 0.6) is 0 Å². The first-order chi connectivity index (χ1) is 5.79. The standard InChI is InChI=1S/C10H8OS/c1-7(11)9-4-2-3-8-5-6-12-10(8)9/h2-6H,1H3. The van der Waals surface area contributed by atoms with Gasteiger partial charge in [0.05, 0.1) is 0 Å². The second-order valence-electron chi connectivity index (χ2n) is 2.70. The Kier molecular flexibility index (Phi) is 1.70. The zero-order valence-corrected chi connectivity index (χ0v) is 7.52. The molecule has 0 saturated carbocycles. The molecule has 0 spiro atoms. The minimum absolute atomic E-state index is 0.142. The van der Waals surface area contributed by atoms with Crippen LogP contribution < -0.4 is 0 Å². The topological polar surface area (TPSA) is 17.1 Å². The molecule has 0 aliphatic carbocycles. The van der Waals surface area contributed by atoms with E-state index in [0.29, 0.717) is 0 Å². The van der Waals surface area contributed by atoms with Crippen LogP contribution in [0.15, 0.2) is 29.6 Å². The number of thiophene rings is 1. The van der Waals surface area contributed by atoms with Gasteiger partial charge in [-0.3, -0.25) is 4.79 Å². The summed E-state index contributed by atoms with van der Waals surface area (Å²) in [7, 11) is 0. The summed E-state index contributed by atoms with van der Waals surface area (Å²) in [4.78, 5) is 11.2. The Morgan fingerprint density at radius 1 is 1.33 bits per heavy atom. The summed E-state index contributed by atoms with van der Waals surface area (Å²) in [6.45, 7) is 1.61.